The number of hydrogen-bond acceptors (Lipinski definition) is 6. The summed E-state index contributed by atoms with van der Waals surface area (Å²) in [5.41, 5.74) is 3.99. The molecule has 2 aromatic heterocycles. The number of aliphatic carboxylic acids is 1. The van der Waals surface area contributed by atoms with Crippen molar-refractivity contribution < 1.29 is 27.5 Å². The summed E-state index contributed by atoms with van der Waals surface area (Å²) in [5.74, 6) is -2.23. The second-order valence-electron chi connectivity index (χ2n) is 8.68. The number of aromatic nitrogens is 2. The lowest BCUT2D eigenvalue weighted by atomic mass is 10.1. The lowest BCUT2D eigenvalue weighted by molar-refractivity contribution is -0.192. The molecule has 12 heteroatoms. The van der Waals surface area contributed by atoms with Gasteiger partial charge in [0.2, 0.25) is 0 Å². The number of nitrogens with zero attached hydrogens (tertiary/aromatic N) is 2. The van der Waals surface area contributed by atoms with E-state index in [4.69, 9.17) is 9.90 Å². The summed E-state index contributed by atoms with van der Waals surface area (Å²) in [6.45, 7) is 7.48. The molecule has 0 radical (unpaired) electrons. The number of piperazine rings is 1. The molecule has 1 aliphatic rings. The summed E-state index contributed by atoms with van der Waals surface area (Å²) in [7, 11) is 0. The molecule has 0 amide bonds. The van der Waals surface area contributed by atoms with Crippen LogP contribution in [0.2, 0.25) is 0 Å². The van der Waals surface area contributed by atoms with E-state index < -0.39 is 12.1 Å². The highest BCUT2D eigenvalue weighted by Crippen LogP contribution is 2.34. The van der Waals surface area contributed by atoms with Gasteiger partial charge in [-0.3, -0.25) is 4.90 Å². The van der Waals surface area contributed by atoms with Crippen molar-refractivity contribution in [2.45, 2.75) is 12.7 Å². The van der Waals surface area contributed by atoms with E-state index in [9.17, 15) is 17.6 Å². The van der Waals surface area contributed by atoms with Crippen molar-refractivity contribution >= 4 is 28.3 Å². The van der Waals surface area contributed by atoms with Gasteiger partial charge in [0.15, 0.2) is 0 Å². The first-order valence-corrected chi connectivity index (χ1v) is 12.8. The summed E-state index contributed by atoms with van der Waals surface area (Å²) in [6, 6.07) is 17.6. The average molecular weight is 550 g/mol. The van der Waals surface area contributed by atoms with Crippen LogP contribution in [0, 0.1) is 5.82 Å². The van der Waals surface area contributed by atoms with Crippen molar-refractivity contribution in [3.05, 3.63) is 66.0 Å². The molecule has 38 heavy (non-hydrogen) atoms. The van der Waals surface area contributed by atoms with Crippen molar-refractivity contribution in [3.63, 3.8) is 0 Å². The largest absolute Gasteiger partial charge is 0.490 e. The Hall–Kier alpha value is -3.32. The fraction of sp³-hybridized carbons (Fsp3) is 0.308. The molecule has 5 rings (SSSR count). The fourth-order valence-corrected chi connectivity index (χ4v) is 4.87. The molecule has 4 N–H and O–H groups in total. The first-order valence-electron chi connectivity index (χ1n) is 12.0. The predicted octanol–water partition coefficient (Wildman–Crippen LogP) is 4.73. The zero-order chi connectivity index (χ0) is 27.1. The molecule has 4 aromatic rings. The smallest absolute Gasteiger partial charge is 0.475 e. The van der Waals surface area contributed by atoms with E-state index in [1.807, 2.05) is 0 Å². The number of carboxylic acids is 1. The number of rotatable bonds is 7. The number of alkyl halides is 3. The normalized spacial score (nSPS) is 14.3. The first-order chi connectivity index (χ1) is 18.2. The Morgan fingerprint density at radius 2 is 1.74 bits per heavy atom. The monoisotopic (exact) mass is 549 g/mol. The van der Waals surface area contributed by atoms with E-state index in [2.05, 4.69) is 61.9 Å². The summed E-state index contributed by atoms with van der Waals surface area (Å²) in [4.78, 5) is 21.5. The average Bonchev–Trinajstić information content (AvgIpc) is 3.55. The van der Waals surface area contributed by atoms with E-state index in [1.165, 1.54) is 28.1 Å². The number of halogens is 4. The maximum Gasteiger partial charge on any atom is 0.490 e. The van der Waals surface area contributed by atoms with Gasteiger partial charge in [-0.2, -0.15) is 13.2 Å². The van der Waals surface area contributed by atoms with Crippen molar-refractivity contribution in [1.29, 1.82) is 0 Å². The van der Waals surface area contributed by atoms with Crippen LogP contribution >= 0.6 is 11.3 Å². The van der Waals surface area contributed by atoms with Gasteiger partial charge >= 0.3 is 12.1 Å². The molecule has 0 saturated carbocycles. The number of nitrogens with one attached hydrogen (secondary N) is 3. The highest BCUT2D eigenvalue weighted by molar-refractivity contribution is 7.18. The summed E-state index contributed by atoms with van der Waals surface area (Å²) < 4.78 is 45.2. The summed E-state index contributed by atoms with van der Waals surface area (Å²) >= 11 is 1.69. The Bertz CT molecular complexity index is 1350. The van der Waals surface area contributed by atoms with E-state index in [0.717, 1.165) is 67.5 Å². The van der Waals surface area contributed by atoms with E-state index in [-0.39, 0.29) is 5.82 Å². The van der Waals surface area contributed by atoms with Crippen LogP contribution < -0.4 is 10.6 Å². The Balaban J connectivity index is 0.000000426. The molecule has 0 atom stereocenters. The lowest BCUT2D eigenvalue weighted by Gasteiger charge is -2.27. The topological polar surface area (TPSA) is 93.3 Å². The van der Waals surface area contributed by atoms with Crippen LogP contribution in [0.1, 0.15) is 5.56 Å². The van der Waals surface area contributed by atoms with Crippen molar-refractivity contribution in [3.8, 4) is 21.1 Å². The van der Waals surface area contributed by atoms with E-state index >= 15 is 0 Å². The number of imidazole rings is 1. The van der Waals surface area contributed by atoms with Gasteiger partial charge in [0.05, 0.1) is 15.9 Å². The van der Waals surface area contributed by atoms with Crippen LogP contribution in [0.5, 0.6) is 0 Å². The fourth-order valence-electron chi connectivity index (χ4n) is 3.91. The summed E-state index contributed by atoms with van der Waals surface area (Å²) in [5, 5.41) is 14.1. The number of H-pyrrole nitrogens is 1. The Morgan fingerprint density at radius 3 is 2.42 bits per heavy atom. The van der Waals surface area contributed by atoms with Crippen LogP contribution in [-0.2, 0) is 11.3 Å². The molecular formula is C26H27F4N5O2S. The number of hydrogen-bond donors (Lipinski definition) is 4. The minimum atomic E-state index is -5.08. The van der Waals surface area contributed by atoms with Gasteiger partial charge in [0.1, 0.15) is 11.6 Å². The van der Waals surface area contributed by atoms with Crippen molar-refractivity contribution in [2.75, 3.05) is 39.3 Å². The standard InChI is InChI=1S/C24H26FN5S.C2HF3O2/c25-19-5-6-20-21(15-19)29-24(28-20)23-8-7-22(31-23)18-3-1-17(2-4-18)16-27-11-14-30-12-9-26-10-13-30;3-2(4,5)1(6)7/h1-8,15,26-27H,9-14,16H2,(H,28,29);(H,6,7). The highest BCUT2D eigenvalue weighted by atomic mass is 32.1. The van der Waals surface area contributed by atoms with Gasteiger partial charge in [-0.25, -0.2) is 14.2 Å². The van der Waals surface area contributed by atoms with Gasteiger partial charge in [-0.05, 0) is 41.5 Å². The Morgan fingerprint density at radius 1 is 1.05 bits per heavy atom. The second-order valence-corrected chi connectivity index (χ2v) is 9.76. The quantitative estimate of drug-likeness (QED) is 0.197. The predicted molar refractivity (Wildman–Crippen MR) is 140 cm³/mol. The maximum absolute atomic E-state index is 13.4. The van der Waals surface area contributed by atoms with Crippen LogP contribution in [0.15, 0.2) is 54.6 Å². The number of carboxylic acid groups (broad SMARTS) is 1. The van der Waals surface area contributed by atoms with Gasteiger partial charge in [0.25, 0.3) is 0 Å². The lowest BCUT2D eigenvalue weighted by Crippen LogP contribution is -2.45. The molecule has 1 aliphatic heterocycles. The molecule has 1 fully saturated rings. The zero-order valence-corrected chi connectivity index (χ0v) is 21.1. The Labute approximate surface area is 220 Å². The molecule has 0 unspecified atom stereocenters. The molecule has 0 spiro atoms. The van der Waals surface area contributed by atoms with E-state index in [1.54, 1.807) is 17.4 Å². The summed E-state index contributed by atoms with van der Waals surface area (Å²) in [6.07, 6.45) is -5.08. The zero-order valence-electron chi connectivity index (χ0n) is 20.3. The molecule has 202 valence electrons. The van der Waals surface area contributed by atoms with Gasteiger partial charge in [0, 0.05) is 50.7 Å². The SMILES string of the molecule is Fc1ccc2nc(-c3ccc(-c4ccc(CNCCN5CCNCC5)cc4)s3)[nH]c2c1.O=C(O)C(F)(F)F. The number of aromatic amines is 1. The van der Waals surface area contributed by atoms with Gasteiger partial charge in [-0.15, -0.1) is 11.3 Å². The minimum Gasteiger partial charge on any atom is -0.475 e. The van der Waals surface area contributed by atoms with Crippen LogP contribution in [0.3, 0.4) is 0 Å². The van der Waals surface area contributed by atoms with Crippen LogP contribution in [0.4, 0.5) is 17.6 Å². The third kappa shape index (κ3) is 7.60. The first kappa shape index (κ1) is 27.7. The van der Waals surface area contributed by atoms with Gasteiger partial charge < -0.3 is 20.7 Å². The molecule has 7 nitrogen and oxygen atoms in total. The molecular weight excluding hydrogens is 522 g/mol. The number of benzene rings is 2. The van der Waals surface area contributed by atoms with Crippen LogP contribution in [-0.4, -0.2) is 71.4 Å². The van der Waals surface area contributed by atoms with Crippen LogP contribution in [0.25, 0.3) is 32.2 Å². The molecule has 0 bridgehead atoms. The highest BCUT2D eigenvalue weighted by Gasteiger charge is 2.38. The van der Waals surface area contributed by atoms with E-state index in [0.29, 0.717) is 0 Å². The van der Waals surface area contributed by atoms with Crippen molar-refractivity contribution in [1.82, 2.24) is 25.5 Å². The third-order valence-electron chi connectivity index (χ3n) is 5.91. The maximum atomic E-state index is 13.4. The number of carbonyl (C=O) groups is 1. The molecule has 0 aliphatic carbocycles. The number of fused-ring (bicyclic) bond motifs is 1. The van der Waals surface area contributed by atoms with Crippen molar-refractivity contribution in [2.24, 2.45) is 0 Å². The van der Waals surface area contributed by atoms with Gasteiger partial charge in [-0.1, -0.05) is 24.3 Å². The minimum absolute atomic E-state index is 0.257. The number of thiophene rings is 1. The second kappa shape index (κ2) is 12.5. The molecule has 3 heterocycles. The third-order valence-corrected chi connectivity index (χ3v) is 7.05. The Kier molecular flexibility index (Phi) is 9.10. The molecule has 1 saturated heterocycles. The molecule has 2 aromatic carbocycles.